The Kier molecular flexibility index (Phi) is 34.5. The third kappa shape index (κ3) is 25.7. The van der Waals surface area contributed by atoms with Crippen molar-refractivity contribution in [2.75, 3.05) is 26.2 Å². The average Bonchev–Trinajstić information content (AvgIpc) is 1.73. The molecule has 3 aliphatic rings. The van der Waals surface area contributed by atoms with E-state index in [9.17, 15) is 96.8 Å². The van der Waals surface area contributed by atoms with E-state index >= 15 is 0 Å². The Morgan fingerprint density at radius 1 is 0.365 bits per heavy atom. The van der Waals surface area contributed by atoms with Gasteiger partial charge in [0.25, 0.3) is 0 Å². The second kappa shape index (κ2) is 39.7. The normalized spacial score (nSPS) is 21.6. The summed E-state index contributed by atoms with van der Waals surface area (Å²) in [5, 5.41) is 76.1. The van der Waals surface area contributed by atoms with Crippen LogP contribution in [0.1, 0.15) is 244 Å². The molecule has 15 atom stereocenters. The minimum Gasteiger partial charge on any atom is -0.480 e. The van der Waals surface area contributed by atoms with Crippen LogP contribution in [0.5, 0.6) is 0 Å². The van der Waals surface area contributed by atoms with Gasteiger partial charge in [-0.05, 0) is 153 Å². The highest BCUT2D eigenvalue weighted by Gasteiger charge is 2.53. The molecule has 3 heterocycles. The van der Waals surface area contributed by atoms with E-state index < -0.39 is 224 Å². The van der Waals surface area contributed by atoms with Crippen molar-refractivity contribution in [1.82, 2.24) is 83.8 Å². The molecule has 0 aromatic heterocycles. The molecule has 17 N–H and O–H groups in total. The van der Waals surface area contributed by atoms with Crippen molar-refractivity contribution >= 4 is 100 Å². The lowest BCUT2D eigenvalue weighted by Crippen LogP contribution is -2.68. The van der Waals surface area contributed by atoms with Crippen molar-refractivity contribution in [1.29, 1.82) is 0 Å². The van der Waals surface area contributed by atoms with Crippen molar-refractivity contribution < 1.29 is 102 Å². The van der Waals surface area contributed by atoms with Gasteiger partial charge < -0.3 is 104 Å². The fourth-order valence-corrected chi connectivity index (χ4v) is 13.5. The van der Waals surface area contributed by atoms with Gasteiger partial charge in [0.05, 0.1) is 18.3 Å². The molecule has 3 aliphatic heterocycles. The highest BCUT2D eigenvalue weighted by atomic mass is 16.4. The van der Waals surface area contributed by atoms with Gasteiger partial charge >= 0.3 is 5.97 Å². The van der Waals surface area contributed by atoms with Gasteiger partial charge in [-0.3, -0.25) is 81.5 Å². The number of carboxylic acid groups (broad SMARTS) is 1. The third-order valence-corrected chi connectivity index (χ3v) is 22.4. The van der Waals surface area contributed by atoms with E-state index in [1.54, 1.807) is 76.2 Å². The number of carbonyl (C=O) groups excluding carboxylic acids is 16. The first kappa shape index (κ1) is 100. The van der Waals surface area contributed by atoms with Crippen molar-refractivity contribution in [3.05, 3.63) is 0 Å². The second-order valence-electron chi connectivity index (χ2n) is 35.3. The number of aliphatic carboxylic acids is 1. The van der Waals surface area contributed by atoms with E-state index in [1.807, 2.05) is 0 Å². The highest BCUT2D eigenvalue weighted by Crippen LogP contribution is 2.30. The summed E-state index contributed by atoms with van der Waals surface area (Å²) in [7, 11) is 0. The van der Waals surface area contributed by atoms with Crippen molar-refractivity contribution in [2.24, 2.45) is 17.8 Å². The Morgan fingerprint density at radius 3 is 1.11 bits per heavy atom. The van der Waals surface area contributed by atoms with E-state index in [4.69, 9.17) is 5.11 Å². The predicted octanol–water partition coefficient (Wildman–Crippen LogP) is -1.31. The Hall–Kier alpha value is -9.13. The molecular weight excluding hydrogens is 1500 g/mol. The Bertz CT molecular complexity index is 3640. The van der Waals surface area contributed by atoms with Crippen LogP contribution in [0.2, 0.25) is 0 Å². The van der Waals surface area contributed by atoms with Crippen molar-refractivity contribution in [2.45, 2.75) is 348 Å². The van der Waals surface area contributed by atoms with Crippen LogP contribution in [0.4, 0.5) is 0 Å². The molecule has 0 aromatic carbocycles. The van der Waals surface area contributed by atoms with E-state index in [2.05, 4.69) is 69.1 Å². The molecule has 652 valence electrons. The number of nitrogens with zero attached hydrogens (tertiary/aromatic N) is 3. The van der Waals surface area contributed by atoms with E-state index in [0.717, 1.165) is 9.80 Å². The van der Waals surface area contributed by atoms with Crippen LogP contribution in [-0.2, 0) is 81.5 Å². The summed E-state index contributed by atoms with van der Waals surface area (Å²) in [6.07, 6.45) is -3.85. The maximum Gasteiger partial charge on any atom is 0.322 e. The fourth-order valence-electron chi connectivity index (χ4n) is 13.5. The Balaban J connectivity index is 1.78. The van der Waals surface area contributed by atoms with Crippen LogP contribution in [0, 0.1) is 17.8 Å². The van der Waals surface area contributed by atoms with Gasteiger partial charge in [-0.15, -0.1) is 0 Å². The first-order valence-corrected chi connectivity index (χ1v) is 39.9. The van der Waals surface area contributed by atoms with E-state index in [1.165, 1.54) is 102 Å². The number of nitrogens with one attached hydrogen (secondary N) is 13. The van der Waals surface area contributed by atoms with E-state index in [0.29, 0.717) is 6.42 Å². The van der Waals surface area contributed by atoms with Crippen LogP contribution >= 0.6 is 0 Å². The van der Waals surface area contributed by atoms with Crippen LogP contribution in [-0.4, -0.2) is 266 Å². The molecule has 0 spiro atoms. The number of β-amino-alcohol motifs (C(OH)–C–C–N with tert-alkyl or cyclic N) is 3. The summed E-state index contributed by atoms with van der Waals surface area (Å²) in [5.74, 6) is -15.1. The molecule has 37 heteroatoms. The van der Waals surface area contributed by atoms with Crippen molar-refractivity contribution in [3.63, 3.8) is 0 Å². The molecule has 0 radical (unpaired) electrons. The summed E-state index contributed by atoms with van der Waals surface area (Å²) < 4.78 is 0. The molecule has 3 rings (SSSR count). The van der Waals surface area contributed by atoms with Gasteiger partial charge in [0.1, 0.15) is 92.6 Å². The molecule has 16 amide bonds. The number of aliphatic hydroxyl groups excluding tert-OH is 3. The molecule has 0 unspecified atom stereocenters. The molecule has 3 fully saturated rings. The Labute approximate surface area is 675 Å². The van der Waals surface area contributed by atoms with Crippen LogP contribution < -0.4 is 69.1 Å². The summed E-state index contributed by atoms with van der Waals surface area (Å²) in [5.41, 5.74) is -15.6. The number of aliphatic hydroxyl groups is 3. The smallest absolute Gasteiger partial charge is 0.322 e. The van der Waals surface area contributed by atoms with Gasteiger partial charge in [-0.2, -0.15) is 0 Å². The fraction of sp³-hybridized carbons (Fsp3) is 0.782. The standard InChI is InChI=1S/C78H134N16O21/c1-26-43(11)54(82-58(104)51-35-46(97)40-94(51)69(115)78(25,31-6)83-44(12)95)60(106)87-75(22,28-3)64(110)81-49(33-42(9)10)55(101)84-70(13,14)61(107)88-71(15,16)62(108)89-72(17,18)67(113)92-38-45(96)34-50(92)57(103)80-48(32-41(7)8)56(102)85-76(23,29-4)65(111)90-73(19,20)68(114)93-39-47(98)36-52(93)59(105)86-77(24,30-5)66(112)91-74(21,27-2)63(109)79-37-53(99)100/h41-43,45-52,54,96-98H,26-40H2,1-25H3,(H,79,109)(H,80,103)(H,81,110)(H,82,104)(H,83,95)(H,84,101)(H,85,102)(H,86,105)(H,87,106)(H,88,107)(H,89,108)(H,90,111)(H,91,112)(H,99,100)/t43-,45+,46+,47+,48-,49-,50-,51-,52-,54-,74+,75-,76-,77-,78+/m0/s1. The minimum absolute atomic E-state index is 0.0145. The molecule has 0 aliphatic carbocycles. The first-order chi connectivity index (χ1) is 52.6. The maximum atomic E-state index is 14.7. The quantitative estimate of drug-likeness (QED) is 0.0339. The second-order valence-corrected chi connectivity index (χ2v) is 35.3. The Morgan fingerprint density at radius 2 is 0.704 bits per heavy atom. The molecule has 3 saturated heterocycles. The predicted molar refractivity (Wildman–Crippen MR) is 422 cm³/mol. The largest absolute Gasteiger partial charge is 0.480 e. The summed E-state index contributed by atoms with van der Waals surface area (Å²) in [6.45, 7) is 36.0. The summed E-state index contributed by atoms with van der Waals surface area (Å²) >= 11 is 0. The number of rotatable bonds is 40. The number of likely N-dealkylation sites (tertiary alicyclic amines) is 3. The molecular formula is C78H134N16O21. The highest BCUT2D eigenvalue weighted by molar-refractivity contribution is 6.04. The van der Waals surface area contributed by atoms with Gasteiger partial charge in [-0.1, -0.05) is 82.6 Å². The van der Waals surface area contributed by atoms with Crippen LogP contribution in [0.3, 0.4) is 0 Å². The minimum atomic E-state index is -1.87. The molecule has 0 saturated carbocycles. The van der Waals surface area contributed by atoms with Gasteiger partial charge in [0.15, 0.2) is 0 Å². The summed E-state index contributed by atoms with van der Waals surface area (Å²) in [4.78, 5) is 240. The zero-order chi connectivity index (χ0) is 88.8. The van der Waals surface area contributed by atoms with Crippen molar-refractivity contribution in [3.8, 4) is 0 Å². The molecule has 115 heavy (non-hydrogen) atoms. The number of amides is 16. The van der Waals surface area contributed by atoms with Gasteiger partial charge in [0, 0.05) is 45.8 Å². The van der Waals surface area contributed by atoms with Gasteiger partial charge in [0.2, 0.25) is 94.5 Å². The third-order valence-electron chi connectivity index (χ3n) is 22.4. The molecule has 37 nitrogen and oxygen atoms in total. The lowest BCUT2D eigenvalue weighted by Gasteiger charge is -2.38. The summed E-state index contributed by atoms with van der Waals surface area (Å²) in [6, 6.07) is -7.97. The number of hydrogen-bond acceptors (Lipinski definition) is 20. The zero-order valence-electron chi connectivity index (χ0n) is 72.1. The lowest BCUT2D eigenvalue weighted by atomic mass is 9.91. The maximum absolute atomic E-state index is 14.7. The van der Waals surface area contributed by atoms with E-state index in [-0.39, 0.29) is 89.1 Å². The number of carbonyl (C=O) groups is 17. The molecule has 0 aromatic rings. The molecule has 0 bridgehead atoms. The lowest BCUT2D eigenvalue weighted by molar-refractivity contribution is -0.147. The average molecular weight is 1630 g/mol. The number of carboxylic acids is 1. The monoisotopic (exact) mass is 1630 g/mol. The first-order valence-electron chi connectivity index (χ1n) is 39.9. The zero-order valence-corrected chi connectivity index (χ0v) is 72.1. The SMILES string of the molecule is CC[C@H](C)[C@H](NC(=O)[C@@H]1C[C@@H](O)CN1C(=O)[C@@](C)(CC)NC(C)=O)C(=O)N[C@@](C)(CC)C(=O)N[C@@H](CC(C)C)C(=O)NC(C)(C)C(=O)NC(C)(C)C(=O)NC(C)(C)C(=O)N1C[C@H](O)C[C@H]1C(=O)N[C@@H](CC(C)C)C(=O)N[C@@](C)(CC)C(=O)NC(C)(C)C(=O)N1C[C@H](O)C[C@H]1C(=O)N[C@@](C)(CC)C(=O)N[C@](C)(CC)C(=O)NCC(=O)O. The topological polar surface area (TPSA) is 537 Å². The van der Waals surface area contributed by atoms with Crippen LogP contribution in [0.15, 0.2) is 0 Å². The number of hydrogen-bond donors (Lipinski definition) is 17. The van der Waals surface area contributed by atoms with Gasteiger partial charge in [-0.25, -0.2) is 0 Å². The van der Waals surface area contributed by atoms with Crippen LogP contribution in [0.25, 0.3) is 0 Å².